The van der Waals surface area contributed by atoms with Crippen LogP contribution in [0.5, 0.6) is 0 Å². The normalized spacial score (nSPS) is 10.9. The van der Waals surface area contributed by atoms with E-state index in [2.05, 4.69) is 17.1 Å². The number of aryl methyl sites for hydroxylation is 1. The highest BCUT2D eigenvalue weighted by Gasteiger charge is 2.06. The second-order valence-electron chi connectivity index (χ2n) is 4.29. The monoisotopic (exact) mass is 288 g/mol. The summed E-state index contributed by atoms with van der Waals surface area (Å²) in [6.45, 7) is 0.601. The molecule has 0 saturated heterocycles. The summed E-state index contributed by atoms with van der Waals surface area (Å²) in [5.41, 5.74) is 1.20. The maximum absolute atomic E-state index is 12.3. The average Bonchev–Trinajstić information content (AvgIpc) is 2.88. The van der Waals surface area contributed by atoms with Crippen molar-refractivity contribution in [1.29, 1.82) is 0 Å². The van der Waals surface area contributed by atoms with Crippen LogP contribution in [0.4, 0.5) is 0 Å². The number of H-pyrrole nitrogens is 1. The van der Waals surface area contributed by atoms with Crippen molar-refractivity contribution in [2.45, 2.75) is 13.0 Å². The van der Waals surface area contributed by atoms with Gasteiger partial charge in [-0.3, -0.25) is 9.36 Å². The molecular weight excluding hydrogens is 276 g/mol. The molecule has 5 heteroatoms. The molecule has 1 N–H and O–H groups in total. The third-order valence-electron chi connectivity index (χ3n) is 3.07. The molecule has 3 rings (SSSR count). The molecule has 0 bridgehead atoms. The molecule has 0 spiro atoms. The van der Waals surface area contributed by atoms with Crippen LogP contribution in [0.15, 0.2) is 46.6 Å². The highest BCUT2D eigenvalue weighted by Crippen LogP contribution is 2.14. The first-order valence-electron chi connectivity index (χ1n) is 6.00. The standard InChI is InChI=1S/C14H12N2OS2/c17-13-11-7-9-19-12(11)15-14(18)16(13)8-6-10-4-2-1-3-5-10/h1-5,7,9H,6,8H2,(H,15,18). The topological polar surface area (TPSA) is 37.8 Å². The van der Waals surface area contributed by atoms with Gasteiger partial charge in [-0.25, -0.2) is 0 Å². The molecule has 96 valence electrons. The lowest BCUT2D eigenvalue weighted by molar-refractivity contribution is 0.653. The van der Waals surface area contributed by atoms with Crippen LogP contribution in [0, 0.1) is 4.77 Å². The Balaban J connectivity index is 1.97. The van der Waals surface area contributed by atoms with Crippen molar-refractivity contribution in [1.82, 2.24) is 9.55 Å². The predicted octanol–water partition coefficient (Wildman–Crippen LogP) is 3.36. The summed E-state index contributed by atoms with van der Waals surface area (Å²) in [4.78, 5) is 16.3. The summed E-state index contributed by atoms with van der Waals surface area (Å²) < 4.78 is 2.13. The van der Waals surface area contributed by atoms with Crippen molar-refractivity contribution < 1.29 is 0 Å². The van der Waals surface area contributed by atoms with Gasteiger partial charge in [0.15, 0.2) is 4.77 Å². The van der Waals surface area contributed by atoms with Crippen molar-refractivity contribution >= 4 is 33.8 Å². The number of nitrogens with zero attached hydrogens (tertiary/aromatic N) is 1. The SMILES string of the molecule is O=c1c2ccsc2[nH]c(=S)n1CCc1ccccc1. The molecule has 0 saturated carbocycles. The molecule has 2 heterocycles. The molecule has 3 aromatic rings. The first kappa shape index (κ1) is 12.3. The molecule has 0 fully saturated rings. The minimum absolute atomic E-state index is 0.00377. The van der Waals surface area contributed by atoms with Crippen LogP contribution in [0.25, 0.3) is 10.2 Å². The van der Waals surface area contributed by atoms with Gasteiger partial charge in [0.05, 0.1) is 5.39 Å². The lowest BCUT2D eigenvalue weighted by atomic mass is 10.1. The van der Waals surface area contributed by atoms with Gasteiger partial charge in [-0.2, -0.15) is 0 Å². The molecule has 0 atom stereocenters. The number of benzene rings is 1. The van der Waals surface area contributed by atoms with Gasteiger partial charge in [-0.15, -0.1) is 11.3 Å². The third-order valence-corrected chi connectivity index (χ3v) is 4.23. The van der Waals surface area contributed by atoms with E-state index in [1.165, 1.54) is 16.9 Å². The molecule has 19 heavy (non-hydrogen) atoms. The molecule has 0 radical (unpaired) electrons. The Kier molecular flexibility index (Phi) is 3.31. The number of rotatable bonds is 3. The predicted molar refractivity (Wildman–Crippen MR) is 81.4 cm³/mol. The summed E-state index contributed by atoms with van der Waals surface area (Å²) in [7, 11) is 0. The van der Waals surface area contributed by atoms with Crippen molar-refractivity contribution in [3.8, 4) is 0 Å². The van der Waals surface area contributed by atoms with Crippen LogP contribution in [-0.2, 0) is 13.0 Å². The number of nitrogens with one attached hydrogen (secondary N) is 1. The third kappa shape index (κ3) is 2.39. The van der Waals surface area contributed by atoms with Gasteiger partial charge in [-0.05, 0) is 35.6 Å². The van der Waals surface area contributed by atoms with Gasteiger partial charge in [0.1, 0.15) is 4.83 Å². The van der Waals surface area contributed by atoms with E-state index in [-0.39, 0.29) is 5.56 Å². The zero-order chi connectivity index (χ0) is 13.2. The fourth-order valence-corrected chi connectivity index (χ4v) is 3.18. The second-order valence-corrected chi connectivity index (χ2v) is 5.59. The van der Waals surface area contributed by atoms with Crippen LogP contribution in [0.2, 0.25) is 0 Å². The van der Waals surface area contributed by atoms with E-state index in [9.17, 15) is 4.79 Å². The molecule has 0 aliphatic rings. The summed E-state index contributed by atoms with van der Waals surface area (Å²) in [5.74, 6) is 0. The van der Waals surface area contributed by atoms with E-state index in [0.717, 1.165) is 11.3 Å². The molecule has 3 nitrogen and oxygen atoms in total. The number of hydrogen-bond donors (Lipinski definition) is 1. The highest BCUT2D eigenvalue weighted by molar-refractivity contribution is 7.71. The fraction of sp³-hybridized carbons (Fsp3) is 0.143. The minimum Gasteiger partial charge on any atom is -0.323 e. The fourth-order valence-electron chi connectivity index (χ4n) is 2.07. The van der Waals surface area contributed by atoms with Crippen molar-refractivity contribution in [2.75, 3.05) is 0 Å². The molecule has 0 unspecified atom stereocenters. The van der Waals surface area contributed by atoms with E-state index in [0.29, 0.717) is 16.7 Å². The molecule has 1 aromatic carbocycles. The average molecular weight is 288 g/mol. The van der Waals surface area contributed by atoms with Gasteiger partial charge < -0.3 is 4.98 Å². The van der Waals surface area contributed by atoms with Crippen molar-refractivity contribution in [2.24, 2.45) is 0 Å². The summed E-state index contributed by atoms with van der Waals surface area (Å²) in [6, 6.07) is 11.9. The van der Waals surface area contributed by atoms with Crippen molar-refractivity contribution in [3.05, 3.63) is 62.5 Å². The van der Waals surface area contributed by atoms with E-state index >= 15 is 0 Å². The number of hydrogen-bond acceptors (Lipinski definition) is 3. The lowest BCUT2D eigenvalue weighted by Crippen LogP contribution is -2.22. The highest BCUT2D eigenvalue weighted by atomic mass is 32.1. The Hall–Kier alpha value is -1.72. The Bertz CT molecular complexity index is 815. The van der Waals surface area contributed by atoms with Crippen LogP contribution < -0.4 is 5.56 Å². The van der Waals surface area contributed by atoms with E-state index in [1.54, 1.807) is 4.57 Å². The summed E-state index contributed by atoms with van der Waals surface area (Å²) in [5, 5.41) is 2.62. The smallest absolute Gasteiger partial charge is 0.263 e. The Labute approximate surface area is 119 Å². The Morgan fingerprint density at radius 2 is 2.00 bits per heavy atom. The zero-order valence-electron chi connectivity index (χ0n) is 10.1. The minimum atomic E-state index is -0.00377. The van der Waals surface area contributed by atoms with Gasteiger partial charge >= 0.3 is 0 Å². The van der Waals surface area contributed by atoms with Crippen LogP contribution in [0.3, 0.4) is 0 Å². The van der Waals surface area contributed by atoms with Crippen molar-refractivity contribution in [3.63, 3.8) is 0 Å². The van der Waals surface area contributed by atoms with Gasteiger partial charge in [0.25, 0.3) is 5.56 Å². The quantitative estimate of drug-likeness (QED) is 0.750. The van der Waals surface area contributed by atoms with Gasteiger partial charge in [0.2, 0.25) is 0 Å². The molecule has 0 aliphatic carbocycles. The van der Waals surface area contributed by atoms with Crippen LogP contribution >= 0.6 is 23.6 Å². The number of fused-ring (bicyclic) bond motifs is 1. The summed E-state index contributed by atoms with van der Waals surface area (Å²) in [6.07, 6.45) is 0.799. The van der Waals surface area contributed by atoms with Crippen LogP contribution in [-0.4, -0.2) is 9.55 Å². The zero-order valence-corrected chi connectivity index (χ0v) is 11.8. The van der Waals surface area contributed by atoms with Crippen LogP contribution in [0.1, 0.15) is 5.56 Å². The van der Waals surface area contributed by atoms with Gasteiger partial charge in [-0.1, -0.05) is 30.3 Å². The molecule has 0 amide bonds. The Morgan fingerprint density at radius 1 is 1.21 bits per heavy atom. The van der Waals surface area contributed by atoms with E-state index < -0.39 is 0 Å². The molecular formula is C14H12N2OS2. The lowest BCUT2D eigenvalue weighted by Gasteiger charge is -2.06. The van der Waals surface area contributed by atoms with Gasteiger partial charge in [0, 0.05) is 6.54 Å². The second kappa shape index (κ2) is 5.11. The first-order chi connectivity index (χ1) is 9.25. The summed E-state index contributed by atoms with van der Waals surface area (Å²) >= 11 is 6.77. The Morgan fingerprint density at radius 3 is 2.79 bits per heavy atom. The molecule has 0 aliphatic heterocycles. The van der Waals surface area contributed by atoms with E-state index in [1.807, 2.05) is 29.6 Å². The van der Waals surface area contributed by atoms with E-state index in [4.69, 9.17) is 12.2 Å². The largest absolute Gasteiger partial charge is 0.323 e. The number of thiophene rings is 1. The maximum Gasteiger partial charge on any atom is 0.263 e. The first-order valence-corrected chi connectivity index (χ1v) is 7.29. The maximum atomic E-state index is 12.3. The molecule has 2 aromatic heterocycles. The number of aromatic amines is 1. The number of aromatic nitrogens is 2.